The number of rotatable bonds is 2. The number of nitrogens with zero attached hydrogens (tertiary/aromatic N) is 2. The number of amides is 1. The molecule has 178 valence electrons. The number of hydrogen-bond donors (Lipinski definition) is 3. The van der Waals surface area contributed by atoms with E-state index in [1.54, 1.807) is 30.3 Å². The molecule has 34 heavy (non-hydrogen) atoms. The van der Waals surface area contributed by atoms with Crippen LogP contribution in [0.15, 0.2) is 36.4 Å². The molecule has 0 spiro atoms. The van der Waals surface area contributed by atoms with E-state index in [0.29, 0.717) is 48.8 Å². The molecule has 1 aromatic carbocycles. The monoisotopic (exact) mass is 463 g/mol. The number of carbonyl (C=O) groups excluding carboxylic acids is 1. The Morgan fingerprint density at radius 1 is 1.12 bits per heavy atom. The number of aromatic nitrogens is 1. The minimum absolute atomic E-state index is 0.104. The third-order valence-corrected chi connectivity index (χ3v) is 6.50. The normalized spacial score (nSPS) is 20.1. The van der Waals surface area contributed by atoms with Crippen molar-refractivity contribution in [3.63, 3.8) is 0 Å². The molecule has 0 aliphatic carbocycles. The van der Waals surface area contributed by atoms with Crippen LogP contribution in [0.25, 0.3) is 0 Å². The first-order valence-electron chi connectivity index (χ1n) is 11.4. The minimum atomic E-state index is -0.606. The number of pyridine rings is 1. The highest BCUT2D eigenvalue weighted by Crippen LogP contribution is 2.36. The molecular weight excluding hydrogens is 433 g/mol. The number of fused-ring (bicyclic) bond motifs is 3. The van der Waals surface area contributed by atoms with Crippen molar-refractivity contribution in [1.29, 1.82) is 10.8 Å². The summed E-state index contributed by atoms with van der Waals surface area (Å²) >= 11 is 0. The SMILES string of the molecule is CC1(C)OB(c2ccc3c(c2)C(=O)Nc2cccc(n2)C(=N)N(C=N)CCCCO3)OC1(C)C. The van der Waals surface area contributed by atoms with Crippen molar-refractivity contribution in [3.05, 3.63) is 47.7 Å². The van der Waals surface area contributed by atoms with E-state index in [1.165, 1.54) is 4.90 Å². The topological polar surface area (TPSA) is 121 Å². The molecule has 1 fully saturated rings. The number of amidine groups is 1. The van der Waals surface area contributed by atoms with Gasteiger partial charge in [0, 0.05) is 6.54 Å². The molecule has 1 aromatic heterocycles. The molecule has 3 N–H and O–H groups in total. The molecule has 2 aliphatic rings. The van der Waals surface area contributed by atoms with Gasteiger partial charge in [0.15, 0.2) is 5.84 Å². The lowest BCUT2D eigenvalue weighted by molar-refractivity contribution is 0.00578. The van der Waals surface area contributed by atoms with Gasteiger partial charge in [-0.1, -0.05) is 12.1 Å². The predicted molar refractivity (Wildman–Crippen MR) is 131 cm³/mol. The largest absolute Gasteiger partial charge is 0.494 e. The van der Waals surface area contributed by atoms with Crippen LogP contribution in [0.1, 0.15) is 56.6 Å². The Kier molecular flexibility index (Phi) is 6.46. The summed E-state index contributed by atoms with van der Waals surface area (Å²) in [5.41, 5.74) is 0.459. The predicted octanol–water partition coefficient (Wildman–Crippen LogP) is 3.04. The molecule has 2 aromatic rings. The summed E-state index contributed by atoms with van der Waals surface area (Å²) in [6, 6.07) is 10.4. The van der Waals surface area contributed by atoms with Crippen LogP contribution in [0.5, 0.6) is 5.75 Å². The highest BCUT2D eigenvalue weighted by molar-refractivity contribution is 6.62. The van der Waals surface area contributed by atoms with E-state index >= 15 is 0 Å². The van der Waals surface area contributed by atoms with E-state index in [0.717, 1.165) is 11.8 Å². The summed E-state index contributed by atoms with van der Waals surface area (Å²) in [5.74, 6) is 0.488. The Hall–Kier alpha value is -3.24. The standard InChI is InChI=1S/C24H30BN5O4/c1-23(2)24(3,4)34-25(33-23)16-10-11-19-17(14-16)22(31)29-20-9-7-8-18(28-20)21(27)30(15-26)12-5-6-13-32-19/h7-11,14-15,26-27H,5-6,12-13H2,1-4H3,(H,28,29,31). The van der Waals surface area contributed by atoms with Crippen molar-refractivity contribution in [2.75, 3.05) is 18.5 Å². The van der Waals surface area contributed by atoms with Gasteiger partial charge in [-0.05, 0) is 70.3 Å². The average Bonchev–Trinajstić information content (AvgIpc) is 3.02. The first-order valence-corrected chi connectivity index (χ1v) is 11.4. The van der Waals surface area contributed by atoms with Crippen molar-refractivity contribution < 1.29 is 18.8 Å². The highest BCUT2D eigenvalue weighted by atomic mass is 16.7. The smallest absolute Gasteiger partial charge is 0.493 e. The first kappa shape index (κ1) is 23.9. The van der Waals surface area contributed by atoms with Crippen LogP contribution >= 0.6 is 0 Å². The van der Waals surface area contributed by atoms with E-state index in [1.807, 2.05) is 33.8 Å². The molecule has 0 unspecified atom stereocenters. The van der Waals surface area contributed by atoms with Crippen molar-refractivity contribution >= 4 is 36.5 Å². The molecule has 3 heterocycles. The molecule has 10 heteroatoms. The maximum Gasteiger partial charge on any atom is 0.494 e. The fourth-order valence-electron chi connectivity index (χ4n) is 3.75. The molecule has 2 aliphatic heterocycles. The maximum atomic E-state index is 13.3. The van der Waals surface area contributed by atoms with Crippen LogP contribution in [0.3, 0.4) is 0 Å². The second kappa shape index (κ2) is 9.19. The number of carbonyl (C=O) groups is 1. The molecule has 2 bridgehead atoms. The molecule has 0 radical (unpaired) electrons. The molecule has 4 rings (SSSR count). The Morgan fingerprint density at radius 3 is 2.56 bits per heavy atom. The van der Waals surface area contributed by atoms with E-state index in [4.69, 9.17) is 24.9 Å². The zero-order valence-corrected chi connectivity index (χ0v) is 20.0. The van der Waals surface area contributed by atoms with Gasteiger partial charge in [-0.25, -0.2) is 4.98 Å². The lowest BCUT2D eigenvalue weighted by Crippen LogP contribution is -2.41. The van der Waals surface area contributed by atoms with Crippen molar-refractivity contribution in [1.82, 2.24) is 9.88 Å². The molecule has 0 saturated carbocycles. The van der Waals surface area contributed by atoms with Crippen LogP contribution in [0.2, 0.25) is 0 Å². The Balaban J connectivity index is 1.68. The van der Waals surface area contributed by atoms with Crippen LogP contribution in [-0.2, 0) is 9.31 Å². The highest BCUT2D eigenvalue weighted by Gasteiger charge is 2.51. The van der Waals surface area contributed by atoms with Crippen LogP contribution < -0.4 is 15.5 Å². The maximum absolute atomic E-state index is 13.3. The van der Waals surface area contributed by atoms with Gasteiger partial charge in [-0.15, -0.1) is 0 Å². The number of nitrogens with one attached hydrogen (secondary N) is 3. The fraction of sp³-hybridized carbons (Fsp3) is 0.417. The zero-order chi connectivity index (χ0) is 24.5. The van der Waals surface area contributed by atoms with Crippen LogP contribution in [0, 0.1) is 10.8 Å². The summed E-state index contributed by atoms with van der Waals surface area (Å²) < 4.78 is 18.3. The summed E-state index contributed by atoms with van der Waals surface area (Å²) in [5, 5.41) is 18.9. The number of anilines is 1. The van der Waals surface area contributed by atoms with E-state index in [-0.39, 0.29) is 11.7 Å². The van der Waals surface area contributed by atoms with Gasteiger partial charge < -0.3 is 24.3 Å². The fourth-order valence-corrected chi connectivity index (χ4v) is 3.75. The quantitative estimate of drug-likeness (QED) is 0.358. The first-order chi connectivity index (χ1) is 16.1. The van der Waals surface area contributed by atoms with Crippen LogP contribution in [0.4, 0.5) is 5.82 Å². The second-order valence-corrected chi connectivity index (χ2v) is 9.43. The summed E-state index contributed by atoms with van der Waals surface area (Å²) in [4.78, 5) is 19.2. The van der Waals surface area contributed by atoms with E-state index in [2.05, 4.69) is 10.3 Å². The molecule has 1 amide bonds. The summed E-state index contributed by atoms with van der Waals surface area (Å²) in [6.45, 7) is 8.84. The van der Waals surface area contributed by atoms with Gasteiger partial charge in [0.05, 0.1) is 29.7 Å². The van der Waals surface area contributed by atoms with Crippen LogP contribution in [-0.4, -0.2) is 59.4 Å². The van der Waals surface area contributed by atoms with Gasteiger partial charge in [0.1, 0.15) is 17.3 Å². The number of benzene rings is 1. The average molecular weight is 463 g/mol. The van der Waals surface area contributed by atoms with E-state index < -0.39 is 18.3 Å². The zero-order valence-electron chi connectivity index (χ0n) is 20.0. The van der Waals surface area contributed by atoms with Gasteiger partial charge in [0.25, 0.3) is 5.91 Å². The Morgan fingerprint density at radius 2 is 1.85 bits per heavy atom. The third kappa shape index (κ3) is 4.69. The van der Waals surface area contributed by atoms with Crippen molar-refractivity contribution in [2.24, 2.45) is 0 Å². The number of hydrogen-bond acceptors (Lipinski definition) is 7. The molecule has 9 nitrogen and oxygen atoms in total. The number of ether oxygens (including phenoxy) is 1. The van der Waals surface area contributed by atoms with Gasteiger partial charge in [-0.2, -0.15) is 0 Å². The summed E-state index contributed by atoms with van der Waals surface area (Å²) in [6.07, 6.45) is 2.53. The Labute approximate surface area is 200 Å². The van der Waals surface area contributed by atoms with Gasteiger partial charge >= 0.3 is 7.12 Å². The molecule has 0 atom stereocenters. The van der Waals surface area contributed by atoms with Crippen molar-refractivity contribution in [2.45, 2.75) is 51.7 Å². The van der Waals surface area contributed by atoms with Gasteiger partial charge in [0.2, 0.25) is 0 Å². The van der Waals surface area contributed by atoms with Crippen molar-refractivity contribution in [3.8, 4) is 5.75 Å². The van der Waals surface area contributed by atoms with E-state index in [9.17, 15) is 4.79 Å². The lowest BCUT2D eigenvalue weighted by Gasteiger charge is -2.32. The third-order valence-electron chi connectivity index (χ3n) is 6.50. The minimum Gasteiger partial charge on any atom is -0.493 e. The second-order valence-electron chi connectivity index (χ2n) is 9.43. The lowest BCUT2D eigenvalue weighted by atomic mass is 9.78. The molecular formula is C24H30BN5O4. The Bertz CT molecular complexity index is 1100. The molecule has 1 saturated heterocycles. The summed E-state index contributed by atoms with van der Waals surface area (Å²) in [7, 11) is -0.606. The van der Waals surface area contributed by atoms with Gasteiger partial charge in [-0.3, -0.25) is 15.6 Å².